The zero-order chi connectivity index (χ0) is 19.0. The molecule has 0 saturated carbocycles. The highest BCUT2D eigenvalue weighted by Crippen LogP contribution is 2.18. The van der Waals surface area contributed by atoms with Crippen LogP contribution < -0.4 is 10.6 Å². The number of hydrogen-bond donors (Lipinski definition) is 4. The van der Waals surface area contributed by atoms with Crippen LogP contribution in [0.25, 0.3) is 0 Å². The molecule has 0 aliphatic heterocycles. The summed E-state index contributed by atoms with van der Waals surface area (Å²) in [5.41, 5.74) is 0.587. The minimum atomic E-state index is -1.14. The summed E-state index contributed by atoms with van der Waals surface area (Å²) >= 11 is 4.23. The SMILES string of the molecule is COC(=O)/C(=C\N[C@@H](C(=O)O)C(C)(C)S)NC(=O)Cc1ccccc1. The average Bonchev–Trinajstić information content (AvgIpc) is 2.52. The Labute approximate surface area is 151 Å². The van der Waals surface area contributed by atoms with E-state index in [-0.39, 0.29) is 12.1 Å². The fourth-order valence-electron chi connectivity index (χ4n) is 1.98. The average molecular weight is 366 g/mol. The van der Waals surface area contributed by atoms with Gasteiger partial charge in [-0.25, -0.2) is 9.59 Å². The van der Waals surface area contributed by atoms with E-state index in [1.54, 1.807) is 38.1 Å². The lowest BCUT2D eigenvalue weighted by Gasteiger charge is -2.26. The van der Waals surface area contributed by atoms with Gasteiger partial charge in [-0.05, 0) is 19.4 Å². The van der Waals surface area contributed by atoms with Gasteiger partial charge in [-0.3, -0.25) is 4.79 Å². The summed E-state index contributed by atoms with van der Waals surface area (Å²) in [6.07, 6.45) is 1.18. The Balaban J connectivity index is 2.88. The number of aliphatic carboxylic acids is 1. The van der Waals surface area contributed by atoms with E-state index in [0.717, 1.165) is 18.9 Å². The number of ether oxygens (including phenoxy) is 1. The van der Waals surface area contributed by atoms with Crippen LogP contribution in [0.15, 0.2) is 42.2 Å². The molecule has 7 nitrogen and oxygen atoms in total. The summed E-state index contributed by atoms with van der Waals surface area (Å²) in [7, 11) is 1.16. The van der Waals surface area contributed by atoms with Crippen molar-refractivity contribution < 1.29 is 24.2 Å². The molecular formula is C17H22N2O5S. The molecule has 0 fully saturated rings. The third kappa shape index (κ3) is 6.88. The van der Waals surface area contributed by atoms with E-state index in [2.05, 4.69) is 28.0 Å². The third-order valence-corrected chi connectivity index (χ3v) is 3.49. The summed E-state index contributed by atoms with van der Waals surface area (Å²) in [4.78, 5) is 35.2. The Morgan fingerprint density at radius 1 is 1.28 bits per heavy atom. The van der Waals surface area contributed by atoms with Crippen LogP contribution >= 0.6 is 12.6 Å². The monoisotopic (exact) mass is 366 g/mol. The lowest BCUT2D eigenvalue weighted by molar-refractivity contribution is -0.140. The molecule has 1 aromatic rings. The van der Waals surface area contributed by atoms with Crippen molar-refractivity contribution in [3.8, 4) is 0 Å². The zero-order valence-electron chi connectivity index (χ0n) is 14.3. The van der Waals surface area contributed by atoms with E-state index in [4.69, 9.17) is 0 Å². The number of carbonyl (C=O) groups is 3. The summed E-state index contributed by atoms with van der Waals surface area (Å²) in [6.45, 7) is 3.23. The number of thiol groups is 1. The summed E-state index contributed by atoms with van der Waals surface area (Å²) in [6, 6.07) is 7.91. The van der Waals surface area contributed by atoms with Gasteiger partial charge in [0.25, 0.3) is 0 Å². The van der Waals surface area contributed by atoms with Crippen LogP contribution in [0.2, 0.25) is 0 Å². The van der Waals surface area contributed by atoms with Crippen molar-refractivity contribution in [3.63, 3.8) is 0 Å². The minimum Gasteiger partial charge on any atom is -0.480 e. The Hall–Kier alpha value is -2.48. The lowest BCUT2D eigenvalue weighted by atomic mass is 10.0. The molecule has 1 rings (SSSR count). The predicted octanol–water partition coefficient (Wildman–Crippen LogP) is 1.11. The van der Waals surface area contributed by atoms with Gasteiger partial charge in [-0.1, -0.05) is 30.3 Å². The largest absolute Gasteiger partial charge is 0.480 e. The Morgan fingerprint density at radius 2 is 1.88 bits per heavy atom. The molecule has 0 saturated heterocycles. The number of hydrogen-bond acceptors (Lipinski definition) is 6. The van der Waals surface area contributed by atoms with E-state index < -0.39 is 28.6 Å². The quantitative estimate of drug-likeness (QED) is 0.312. The normalized spacial score (nSPS) is 12.9. The van der Waals surface area contributed by atoms with Gasteiger partial charge in [0, 0.05) is 10.9 Å². The molecule has 0 aliphatic carbocycles. The first kappa shape index (κ1) is 20.6. The van der Waals surface area contributed by atoms with Gasteiger partial charge in [-0.2, -0.15) is 12.6 Å². The highest BCUT2D eigenvalue weighted by Gasteiger charge is 2.31. The van der Waals surface area contributed by atoms with Crippen LogP contribution in [0.1, 0.15) is 19.4 Å². The van der Waals surface area contributed by atoms with Crippen molar-refractivity contribution >= 4 is 30.5 Å². The second kappa shape index (κ2) is 9.12. The molecule has 0 radical (unpaired) electrons. The highest BCUT2D eigenvalue weighted by molar-refractivity contribution is 7.81. The summed E-state index contributed by atoms with van der Waals surface area (Å²) < 4.78 is 3.71. The Morgan fingerprint density at radius 3 is 2.36 bits per heavy atom. The maximum Gasteiger partial charge on any atom is 0.356 e. The molecular weight excluding hydrogens is 344 g/mol. The number of esters is 1. The Bertz CT molecular complexity index is 653. The highest BCUT2D eigenvalue weighted by atomic mass is 32.1. The fourth-order valence-corrected chi connectivity index (χ4v) is 2.16. The smallest absolute Gasteiger partial charge is 0.356 e. The molecule has 0 unspecified atom stereocenters. The van der Waals surface area contributed by atoms with Crippen LogP contribution in [0, 0.1) is 0 Å². The van der Waals surface area contributed by atoms with E-state index in [1.165, 1.54) is 0 Å². The maximum absolute atomic E-state index is 12.1. The van der Waals surface area contributed by atoms with E-state index in [0.29, 0.717) is 0 Å². The standard InChI is InChI=1S/C17H22N2O5S/c1-17(2,25)14(15(21)22)18-10-12(16(23)24-3)19-13(20)9-11-7-5-4-6-8-11/h4-8,10,14,18,25H,9H2,1-3H3,(H,19,20)(H,21,22)/b12-10+/t14-/m0/s1. The molecule has 0 spiro atoms. The van der Waals surface area contributed by atoms with Crippen LogP contribution in [0.4, 0.5) is 0 Å². The van der Waals surface area contributed by atoms with Gasteiger partial charge in [0.15, 0.2) is 0 Å². The molecule has 3 N–H and O–H groups in total. The van der Waals surface area contributed by atoms with Crippen molar-refractivity contribution in [1.29, 1.82) is 0 Å². The van der Waals surface area contributed by atoms with Crippen LogP contribution in [-0.4, -0.2) is 40.9 Å². The van der Waals surface area contributed by atoms with Crippen molar-refractivity contribution in [2.45, 2.75) is 31.1 Å². The van der Waals surface area contributed by atoms with Crippen LogP contribution in [-0.2, 0) is 25.5 Å². The Kier molecular flexibility index (Phi) is 7.50. The number of benzene rings is 1. The van der Waals surface area contributed by atoms with Crippen molar-refractivity contribution in [3.05, 3.63) is 47.8 Å². The van der Waals surface area contributed by atoms with Gasteiger partial charge in [-0.15, -0.1) is 0 Å². The number of carboxylic acids is 1. The molecule has 0 bridgehead atoms. The summed E-state index contributed by atoms with van der Waals surface area (Å²) in [5, 5.41) is 14.3. The molecule has 0 aromatic heterocycles. The van der Waals surface area contributed by atoms with Gasteiger partial charge >= 0.3 is 11.9 Å². The van der Waals surface area contributed by atoms with E-state index >= 15 is 0 Å². The van der Waals surface area contributed by atoms with Gasteiger partial charge in [0.1, 0.15) is 11.7 Å². The number of rotatable bonds is 8. The molecule has 1 amide bonds. The van der Waals surface area contributed by atoms with Crippen LogP contribution in [0.3, 0.4) is 0 Å². The van der Waals surface area contributed by atoms with Gasteiger partial charge < -0.3 is 20.5 Å². The zero-order valence-corrected chi connectivity index (χ0v) is 15.2. The van der Waals surface area contributed by atoms with E-state index in [9.17, 15) is 19.5 Å². The first-order chi connectivity index (χ1) is 11.6. The molecule has 136 valence electrons. The second-order valence-electron chi connectivity index (χ2n) is 5.85. The molecule has 0 heterocycles. The molecule has 8 heteroatoms. The molecule has 1 atom stereocenters. The summed E-state index contributed by atoms with van der Waals surface area (Å²) in [5.74, 6) is -2.37. The topological polar surface area (TPSA) is 105 Å². The number of amides is 1. The lowest BCUT2D eigenvalue weighted by Crippen LogP contribution is -2.47. The minimum absolute atomic E-state index is 0.0651. The van der Waals surface area contributed by atoms with Crippen LogP contribution in [0.5, 0.6) is 0 Å². The molecule has 25 heavy (non-hydrogen) atoms. The predicted molar refractivity (Wildman–Crippen MR) is 96.0 cm³/mol. The van der Waals surface area contributed by atoms with E-state index in [1.807, 2.05) is 6.07 Å². The number of carboxylic acid groups (broad SMARTS) is 1. The number of nitrogens with one attached hydrogen (secondary N) is 2. The van der Waals surface area contributed by atoms with Gasteiger partial charge in [0.2, 0.25) is 5.91 Å². The molecule has 1 aromatic carbocycles. The van der Waals surface area contributed by atoms with Crippen molar-refractivity contribution in [1.82, 2.24) is 10.6 Å². The number of methoxy groups -OCH3 is 1. The fraction of sp³-hybridized carbons (Fsp3) is 0.353. The first-order valence-electron chi connectivity index (χ1n) is 7.48. The van der Waals surface area contributed by atoms with Crippen molar-refractivity contribution in [2.75, 3.05) is 7.11 Å². The maximum atomic E-state index is 12.1. The first-order valence-corrected chi connectivity index (χ1v) is 7.93. The second-order valence-corrected chi connectivity index (χ2v) is 7.00. The number of carbonyl (C=O) groups excluding carboxylic acids is 2. The van der Waals surface area contributed by atoms with Crippen molar-refractivity contribution in [2.24, 2.45) is 0 Å². The third-order valence-electron chi connectivity index (χ3n) is 3.23. The molecule has 0 aliphatic rings. The van der Waals surface area contributed by atoms with Gasteiger partial charge in [0.05, 0.1) is 13.5 Å².